The van der Waals surface area contributed by atoms with Crippen LogP contribution in [-0.2, 0) is 4.74 Å². The van der Waals surface area contributed by atoms with Gasteiger partial charge in [-0.05, 0) is 37.8 Å². The molecule has 132 valence electrons. The molecule has 2 aliphatic rings. The number of hydrogen-bond acceptors (Lipinski definition) is 3. The summed E-state index contributed by atoms with van der Waals surface area (Å²) in [6.07, 6.45) is 2.69. The predicted octanol–water partition coefficient (Wildman–Crippen LogP) is 2.20. The van der Waals surface area contributed by atoms with Crippen molar-refractivity contribution in [2.75, 3.05) is 57.4 Å². The standard InChI is InChI=1S/C19H30N4O/c1-2-20-19(21-10-15-24-16-17-8-9-17)23-13-11-22(12-14-23)18-6-4-3-5-7-18/h3-7,17H,2,8-16H2,1H3,(H,20,21). The van der Waals surface area contributed by atoms with Gasteiger partial charge in [0.1, 0.15) is 0 Å². The van der Waals surface area contributed by atoms with E-state index in [0.717, 1.165) is 64.4 Å². The van der Waals surface area contributed by atoms with Gasteiger partial charge in [0, 0.05) is 45.0 Å². The van der Waals surface area contributed by atoms with Gasteiger partial charge in [0.25, 0.3) is 0 Å². The highest BCUT2D eigenvalue weighted by Crippen LogP contribution is 2.28. The summed E-state index contributed by atoms with van der Waals surface area (Å²) < 4.78 is 5.69. The second-order valence-electron chi connectivity index (χ2n) is 6.56. The number of anilines is 1. The predicted molar refractivity (Wildman–Crippen MR) is 99.7 cm³/mol. The molecule has 1 saturated heterocycles. The number of benzene rings is 1. The van der Waals surface area contributed by atoms with E-state index in [0.29, 0.717) is 0 Å². The lowest BCUT2D eigenvalue weighted by molar-refractivity contribution is 0.131. The van der Waals surface area contributed by atoms with Crippen LogP contribution >= 0.6 is 0 Å². The monoisotopic (exact) mass is 330 g/mol. The van der Waals surface area contributed by atoms with Crippen LogP contribution < -0.4 is 10.2 Å². The molecule has 1 aromatic carbocycles. The zero-order valence-corrected chi connectivity index (χ0v) is 14.8. The zero-order valence-electron chi connectivity index (χ0n) is 14.8. The Kier molecular flexibility index (Phi) is 6.35. The third kappa shape index (κ3) is 5.13. The Hall–Kier alpha value is -1.75. The first-order valence-corrected chi connectivity index (χ1v) is 9.28. The van der Waals surface area contributed by atoms with Gasteiger partial charge >= 0.3 is 0 Å². The Labute approximate surface area is 145 Å². The first kappa shape index (κ1) is 17.1. The molecule has 0 spiro atoms. The van der Waals surface area contributed by atoms with Crippen LogP contribution in [-0.4, -0.2) is 63.3 Å². The van der Waals surface area contributed by atoms with Crippen LogP contribution in [0.4, 0.5) is 5.69 Å². The largest absolute Gasteiger partial charge is 0.379 e. The maximum Gasteiger partial charge on any atom is 0.194 e. The summed E-state index contributed by atoms with van der Waals surface area (Å²) in [5, 5.41) is 3.42. The number of ether oxygens (including phenoxy) is 1. The molecule has 5 nitrogen and oxygen atoms in total. The molecule has 1 heterocycles. The molecule has 1 N–H and O–H groups in total. The van der Waals surface area contributed by atoms with Crippen LogP contribution in [0.3, 0.4) is 0 Å². The lowest BCUT2D eigenvalue weighted by Gasteiger charge is -2.37. The summed E-state index contributed by atoms with van der Waals surface area (Å²) in [5.41, 5.74) is 1.31. The normalized spacial score (nSPS) is 18.8. The van der Waals surface area contributed by atoms with Crippen LogP contribution in [0.5, 0.6) is 0 Å². The molecule has 0 radical (unpaired) electrons. The Bertz CT molecular complexity index is 507. The van der Waals surface area contributed by atoms with Crippen molar-refractivity contribution in [2.45, 2.75) is 19.8 Å². The average molecular weight is 330 g/mol. The Morgan fingerprint density at radius 2 is 1.92 bits per heavy atom. The summed E-state index contributed by atoms with van der Waals surface area (Å²) in [5.74, 6) is 1.86. The number of rotatable bonds is 7. The van der Waals surface area contributed by atoms with E-state index >= 15 is 0 Å². The second-order valence-corrected chi connectivity index (χ2v) is 6.56. The topological polar surface area (TPSA) is 40.1 Å². The molecular weight excluding hydrogens is 300 g/mol. The minimum absolute atomic E-state index is 0.732. The lowest BCUT2D eigenvalue weighted by Crippen LogP contribution is -2.52. The van der Waals surface area contributed by atoms with Crippen LogP contribution in [0, 0.1) is 5.92 Å². The minimum Gasteiger partial charge on any atom is -0.379 e. The van der Waals surface area contributed by atoms with E-state index in [1.165, 1.54) is 18.5 Å². The minimum atomic E-state index is 0.732. The fraction of sp³-hybridized carbons (Fsp3) is 0.632. The van der Waals surface area contributed by atoms with Crippen molar-refractivity contribution in [3.05, 3.63) is 30.3 Å². The highest BCUT2D eigenvalue weighted by Gasteiger charge is 2.21. The summed E-state index contributed by atoms with van der Waals surface area (Å²) in [4.78, 5) is 9.55. The van der Waals surface area contributed by atoms with Gasteiger partial charge in [0.2, 0.25) is 0 Å². The van der Waals surface area contributed by atoms with E-state index in [9.17, 15) is 0 Å². The third-order valence-corrected chi connectivity index (χ3v) is 4.58. The van der Waals surface area contributed by atoms with Gasteiger partial charge in [-0.1, -0.05) is 18.2 Å². The van der Waals surface area contributed by atoms with Gasteiger partial charge in [-0.2, -0.15) is 0 Å². The highest BCUT2D eigenvalue weighted by atomic mass is 16.5. The molecule has 5 heteroatoms. The first-order chi connectivity index (χ1) is 11.9. The number of hydrogen-bond donors (Lipinski definition) is 1. The molecule has 0 bridgehead atoms. The fourth-order valence-electron chi connectivity index (χ4n) is 2.99. The van der Waals surface area contributed by atoms with Gasteiger partial charge in [-0.3, -0.25) is 4.99 Å². The van der Waals surface area contributed by atoms with Crippen LogP contribution in [0.1, 0.15) is 19.8 Å². The average Bonchev–Trinajstić information content (AvgIpc) is 3.46. The van der Waals surface area contributed by atoms with E-state index in [1.807, 2.05) is 0 Å². The second kappa shape index (κ2) is 8.92. The summed E-state index contributed by atoms with van der Waals surface area (Å²) in [6.45, 7) is 9.50. The molecular formula is C19H30N4O. The highest BCUT2D eigenvalue weighted by molar-refractivity contribution is 5.80. The molecule has 0 unspecified atom stereocenters. The zero-order chi connectivity index (χ0) is 16.6. The molecule has 0 amide bonds. The SMILES string of the molecule is CCNC(=NCCOCC1CC1)N1CCN(c2ccccc2)CC1. The molecule has 1 aromatic rings. The van der Waals surface area contributed by atoms with Crippen molar-refractivity contribution in [2.24, 2.45) is 10.9 Å². The first-order valence-electron chi connectivity index (χ1n) is 9.28. The van der Waals surface area contributed by atoms with E-state index in [1.54, 1.807) is 0 Å². The van der Waals surface area contributed by atoms with E-state index in [-0.39, 0.29) is 0 Å². The van der Waals surface area contributed by atoms with Crippen molar-refractivity contribution in [1.82, 2.24) is 10.2 Å². The molecule has 0 atom stereocenters. The summed E-state index contributed by atoms with van der Waals surface area (Å²) in [6, 6.07) is 10.7. The van der Waals surface area contributed by atoms with Gasteiger partial charge in [-0.25, -0.2) is 0 Å². The van der Waals surface area contributed by atoms with Crippen molar-refractivity contribution >= 4 is 11.6 Å². The summed E-state index contributed by atoms with van der Waals surface area (Å²) >= 11 is 0. The summed E-state index contributed by atoms with van der Waals surface area (Å²) in [7, 11) is 0. The van der Waals surface area contributed by atoms with Gasteiger partial charge < -0.3 is 19.9 Å². The number of nitrogens with zero attached hydrogens (tertiary/aromatic N) is 3. The van der Waals surface area contributed by atoms with Gasteiger partial charge in [0.05, 0.1) is 13.2 Å². The molecule has 24 heavy (non-hydrogen) atoms. The van der Waals surface area contributed by atoms with Gasteiger partial charge in [0.15, 0.2) is 5.96 Å². The molecule has 3 rings (SSSR count). The molecule has 0 aromatic heterocycles. The number of piperazine rings is 1. The number of guanidine groups is 1. The maximum absolute atomic E-state index is 5.69. The quantitative estimate of drug-likeness (QED) is 0.473. The van der Waals surface area contributed by atoms with Crippen LogP contribution in [0.2, 0.25) is 0 Å². The van der Waals surface area contributed by atoms with Crippen molar-refractivity contribution < 1.29 is 4.74 Å². The Balaban J connectivity index is 1.45. The molecule has 1 saturated carbocycles. The van der Waals surface area contributed by atoms with Crippen LogP contribution in [0.15, 0.2) is 35.3 Å². The number of nitrogens with one attached hydrogen (secondary N) is 1. The number of para-hydroxylation sites is 1. The van der Waals surface area contributed by atoms with Crippen molar-refractivity contribution in [3.63, 3.8) is 0 Å². The molecule has 2 fully saturated rings. The number of aliphatic imine (C=N–C) groups is 1. The fourth-order valence-corrected chi connectivity index (χ4v) is 2.99. The molecule has 1 aliphatic carbocycles. The van der Waals surface area contributed by atoms with E-state index < -0.39 is 0 Å². The van der Waals surface area contributed by atoms with E-state index in [4.69, 9.17) is 9.73 Å². The Morgan fingerprint density at radius 3 is 2.58 bits per heavy atom. The van der Waals surface area contributed by atoms with Gasteiger partial charge in [-0.15, -0.1) is 0 Å². The maximum atomic E-state index is 5.69. The van der Waals surface area contributed by atoms with Crippen molar-refractivity contribution in [1.29, 1.82) is 0 Å². The van der Waals surface area contributed by atoms with E-state index in [2.05, 4.69) is 52.4 Å². The Morgan fingerprint density at radius 1 is 1.17 bits per heavy atom. The lowest BCUT2D eigenvalue weighted by atomic mass is 10.2. The molecule has 1 aliphatic heterocycles. The van der Waals surface area contributed by atoms with Crippen molar-refractivity contribution in [3.8, 4) is 0 Å². The smallest absolute Gasteiger partial charge is 0.194 e. The van der Waals surface area contributed by atoms with Crippen LogP contribution in [0.25, 0.3) is 0 Å². The third-order valence-electron chi connectivity index (χ3n) is 4.58.